The normalized spacial score (nSPS) is 11.3. The third kappa shape index (κ3) is 4.78. The molecule has 0 bridgehead atoms. The number of carbonyl (C=O) groups excluding carboxylic acids is 1. The fraction of sp³-hybridized carbons (Fsp3) is 0.211. The number of carbonyl (C=O) groups is 1. The van der Waals surface area contributed by atoms with E-state index in [2.05, 4.69) is 11.3 Å². The first-order chi connectivity index (χ1) is 11.8. The molecule has 0 saturated carbocycles. The highest BCUT2D eigenvalue weighted by Crippen LogP contribution is 2.18. The van der Waals surface area contributed by atoms with Crippen LogP contribution in [0.15, 0.2) is 72.1 Å². The van der Waals surface area contributed by atoms with Crippen LogP contribution in [0.2, 0.25) is 0 Å². The van der Waals surface area contributed by atoms with Gasteiger partial charge in [-0.2, -0.15) is 0 Å². The molecule has 0 aliphatic heterocycles. The molecule has 2 aromatic carbocycles. The maximum Gasteiger partial charge on any atom is 0.258 e. The molecule has 0 heterocycles. The van der Waals surface area contributed by atoms with Crippen molar-refractivity contribution in [3.63, 3.8) is 0 Å². The van der Waals surface area contributed by atoms with E-state index in [0.29, 0.717) is 12.1 Å². The maximum atomic E-state index is 12.8. The van der Waals surface area contributed by atoms with Crippen LogP contribution in [0.3, 0.4) is 0 Å². The van der Waals surface area contributed by atoms with Gasteiger partial charge in [-0.05, 0) is 50.2 Å². The number of amides is 1. The van der Waals surface area contributed by atoms with Gasteiger partial charge in [0.25, 0.3) is 5.91 Å². The minimum atomic E-state index is -3.58. The first-order valence-electron chi connectivity index (χ1n) is 7.95. The summed E-state index contributed by atoms with van der Waals surface area (Å²) in [4.78, 5) is 14.5. The molecule has 0 aliphatic rings. The lowest BCUT2D eigenvalue weighted by molar-refractivity contribution is 0.0989. The molecule has 0 radical (unpaired) electrons. The summed E-state index contributed by atoms with van der Waals surface area (Å²) in [6, 6.07) is 15.0. The zero-order valence-corrected chi connectivity index (χ0v) is 15.2. The highest BCUT2D eigenvalue weighted by Gasteiger charge is 2.19. The molecular formula is C19H22N2O3S. The summed E-state index contributed by atoms with van der Waals surface area (Å²) in [5.41, 5.74) is 1.17. The van der Waals surface area contributed by atoms with E-state index in [-0.39, 0.29) is 16.8 Å². The lowest BCUT2D eigenvalue weighted by atomic mass is 10.2. The average molecular weight is 358 g/mol. The summed E-state index contributed by atoms with van der Waals surface area (Å²) < 4.78 is 26.8. The van der Waals surface area contributed by atoms with Crippen molar-refractivity contribution >= 4 is 21.6 Å². The lowest BCUT2D eigenvalue weighted by Gasteiger charge is -2.21. The molecule has 0 aliphatic carbocycles. The Morgan fingerprint density at radius 1 is 1.12 bits per heavy atom. The van der Waals surface area contributed by atoms with Gasteiger partial charge < -0.3 is 4.90 Å². The Morgan fingerprint density at radius 3 is 2.24 bits per heavy atom. The molecule has 0 unspecified atom stereocenters. The van der Waals surface area contributed by atoms with Gasteiger partial charge in [0, 0.05) is 23.8 Å². The Kier molecular flexibility index (Phi) is 6.12. The van der Waals surface area contributed by atoms with E-state index in [1.54, 1.807) is 24.8 Å². The molecular weight excluding hydrogens is 336 g/mol. The van der Waals surface area contributed by atoms with Crippen LogP contribution in [-0.2, 0) is 10.0 Å². The highest BCUT2D eigenvalue weighted by molar-refractivity contribution is 7.89. The first kappa shape index (κ1) is 18.9. The van der Waals surface area contributed by atoms with Crippen LogP contribution in [0.25, 0.3) is 0 Å². The largest absolute Gasteiger partial charge is 0.305 e. The predicted molar refractivity (Wildman–Crippen MR) is 100 cm³/mol. The Morgan fingerprint density at radius 2 is 1.72 bits per heavy atom. The summed E-state index contributed by atoms with van der Waals surface area (Å²) in [5.74, 6) is -0.216. The number of nitrogens with one attached hydrogen (secondary N) is 1. The fourth-order valence-electron chi connectivity index (χ4n) is 2.35. The van der Waals surface area contributed by atoms with Crippen LogP contribution in [0.4, 0.5) is 5.69 Å². The number of anilines is 1. The van der Waals surface area contributed by atoms with Crippen LogP contribution in [0, 0.1) is 0 Å². The second-order valence-electron chi connectivity index (χ2n) is 5.84. The number of hydrogen-bond donors (Lipinski definition) is 1. The first-order valence-corrected chi connectivity index (χ1v) is 9.43. The molecule has 25 heavy (non-hydrogen) atoms. The Labute approximate surface area is 149 Å². The van der Waals surface area contributed by atoms with Gasteiger partial charge in [-0.3, -0.25) is 4.79 Å². The Bertz CT molecular complexity index is 829. The number of nitrogens with zero attached hydrogens (tertiary/aromatic N) is 1. The van der Waals surface area contributed by atoms with Gasteiger partial charge in [-0.25, -0.2) is 13.1 Å². The SMILES string of the molecule is C=CCN(C(=O)c1ccc(S(=O)(=O)NC(C)C)cc1)c1ccccc1. The standard InChI is InChI=1S/C19H22N2O3S/c1-4-14-21(17-8-6-5-7-9-17)19(22)16-10-12-18(13-11-16)25(23,24)20-15(2)3/h4-13,15,20H,1,14H2,2-3H3. The van der Waals surface area contributed by atoms with E-state index in [4.69, 9.17) is 0 Å². The zero-order valence-electron chi connectivity index (χ0n) is 14.3. The summed E-state index contributed by atoms with van der Waals surface area (Å²) in [7, 11) is -3.58. The molecule has 1 N–H and O–H groups in total. The molecule has 2 rings (SSSR count). The second-order valence-corrected chi connectivity index (χ2v) is 7.55. The van der Waals surface area contributed by atoms with Gasteiger partial charge in [0.15, 0.2) is 0 Å². The zero-order chi connectivity index (χ0) is 18.4. The quantitative estimate of drug-likeness (QED) is 0.773. The molecule has 2 aromatic rings. The third-order valence-corrected chi connectivity index (χ3v) is 5.10. The van der Waals surface area contributed by atoms with Crippen LogP contribution < -0.4 is 9.62 Å². The van der Waals surface area contributed by atoms with E-state index in [1.807, 2.05) is 30.3 Å². The fourth-order valence-corrected chi connectivity index (χ4v) is 3.60. The number of para-hydroxylation sites is 1. The van der Waals surface area contributed by atoms with Gasteiger partial charge in [0.1, 0.15) is 0 Å². The summed E-state index contributed by atoms with van der Waals surface area (Å²) >= 11 is 0. The van der Waals surface area contributed by atoms with Crippen LogP contribution in [0.5, 0.6) is 0 Å². The number of benzene rings is 2. The van der Waals surface area contributed by atoms with Crippen molar-refractivity contribution < 1.29 is 13.2 Å². The molecule has 6 heteroatoms. The van der Waals surface area contributed by atoms with E-state index in [1.165, 1.54) is 24.3 Å². The van der Waals surface area contributed by atoms with Crippen molar-refractivity contribution in [2.75, 3.05) is 11.4 Å². The van der Waals surface area contributed by atoms with E-state index >= 15 is 0 Å². The van der Waals surface area contributed by atoms with Crippen molar-refractivity contribution in [1.29, 1.82) is 0 Å². The van der Waals surface area contributed by atoms with Crippen LogP contribution in [0.1, 0.15) is 24.2 Å². The topological polar surface area (TPSA) is 66.5 Å². The predicted octanol–water partition coefficient (Wildman–Crippen LogP) is 3.21. The van der Waals surface area contributed by atoms with E-state index in [0.717, 1.165) is 5.69 Å². The van der Waals surface area contributed by atoms with Crippen molar-refractivity contribution in [3.05, 3.63) is 72.8 Å². The van der Waals surface area contributed by atoms with Gasteiger partial charge in [-0.15, -0.1) is 6.58 Å². The van der Waals surface area contributed by atoms with E-state index in [9.17, 15) is 13.2 Å². The highest BCUT2D eigenvalue weighted by atomic mass is 32.2. The third-order valence-electron chi connectivity index (χ3n) is 3.43. The summed E-state index contributed by atoms with van der Waals surface area (Å²) in [6.07, 6.45) is 1.65. The maximum absolute atomic E-state index is 12.8. The Balaban J connectivity index is 2.28. The van der Waals surface area contributed by atoms with E-state index < -0.39 is 10.0 Å². The molecule has 1 amide bonds. The molecule has 0 atom stereocenters. The second kappa shape index (κ2) is 8.09. The molecule has 5 nitrogen and oxygen atoms in total. The number of sulfonamides is 1. The number of hydrogen-bond acceptors (Lipinski definition) is 3. The molecule has 132 valence electrons. The number of rotatable bonds is 7. The molecule has 0 aromatic heterocycles. The van der Waals surface area contributed by atoms with Gasteiger partial charge in [0.05, 0.1) is 4.90 Å². The van der Waals surface area contributed by atoms with Gasteiger partial charge in [0.2, 0.25) is 10.0 Å². The van der Waals surface area contributed by atoms with Crippen molar-refractivity contribution in [2.45, 2.75) is 24.8 Å². The van der Waals surface area contributed by atoms with Crippen molar-refractivity contribution in [1.82, 2.24) is 4.72 Å². The summed E-state index contributed by atoms with van der Waals surface area (Å²) in [6.45, 7) is 7.56. The lowest BCUT2D eigenvalue weighted by Crippen LogP contribution is -2.31. The molecule has 0 fully saturated rings. The summed E-state index contributed by atoms with van der Waals surface area (Å²) in [5, 5.41) is 0. The van der Waals surface area contributed by atoms with Crippen LogP contribution >= 0.6 is 0 Å². The van der Waals surface area contributed by atoms with Crippen molar-refractivity contribution in [3.8, 4) is 0 Å². The molecule has 0 saturated heterocycles. The Hall–Kier alpha value is -2.44. The monoisotopic (exact) mass is 358 g/mol. The molecule has 0 spiro atoms. The van der Waals surface area contributed by atoms with Crippen LogP contribution in [-0.4, -0.2) is 26.9 Å². The average Bonchev–Trinajstić information content (AvgIpc) is 2.59. The van der Waals surface area contributed by atoms with Gasteiger partial charge in [-0.1, -0.05) is 24.3 Å². The smallest absolute Gasteiger partial charge is 0.258 e. The minimum Gasteiger partial charge on any atom is -0.305 e. The minimum absolute atomic E-state index is 0.132. The van der Waals surface area contributed by atoms with Gasteiger partial charge >= 0.3 is 0 Å². The van der Waals surface area contributed by atoms with Crippen molar-refractivity contribution in [2.24, 2.45) is 0 Å².